The van der Waals surface area contributed by atoms with E-state index in [2.05, 4.69) is 15.5 Å². The number of methoxy groups -OCH3 is 1. The van der Waals surface area contributed by atoms with Crippen LogP contribution in [-0.4, -0.2) is 27.8 Å². The summed E-state index contributed by atoms with van der Waals surface area (Å²) in [5.41, 5.74) is 1.72. The molecule has 6 nitrogen and oxygen atoms in total. The number of nitrogens with zero attached hydrogens (tertiary/aromatic N) is 2. The molecule has 0 bridgehead atoms. The van der Waals surface area contributed by atoms with E-state index < -0.39 is 0 Å². The highest BCUT2D eigenvalue weighted by Crippen LogP contribution is 2.26. The molecular weight excluding hydrogens is 356 g/mol. The van der Waals surface area contributed by atoms with Gasteiger partial charge in [0.1, 0.15) is 5.75 Å². The third-order valence-electron chi connectivity index (χ3n) is 3.69. The van der Waals surface area contributed by atoms with Gasteiger partial charge in [-0.3, -0.25) is 14.5 Å². The van der Waals surface area contributed by atoms with Crippen molar-refractivity contribution in [1.29, 1.82) is 0 Å². The molecule has 3 aromatic rings. The van der Waals surface area contributed by atoms with E-state index in [9.17, 15) is 4.79 Å². The van der Waals surface area contributed by atoms with Crippen LogP contribution in [-0.2, 0) is 11.3 Å². The minimum atomic E-state index is -0.107. The number of ether oxygens (including phenoxy) is 1. The van der Waals surface area contributed by atoms with Crippen LogP contribution in [0.5, 0.6) is 5.75 Å². The van der Waals surface area contributed by atoms with E-state index in [1.807, 2.05) is 47.2 Å². The molecule has 0 aliphatic rings. The summed E-state index contributed by atoms with van der Waals surface area (Å²) in [6.45, 7) is 2.41. The van der Waals surface area contributed by atoms with Gasteiger partial charge in [-0.1, -0.05) is 12.1 Å². The highest BCUT2D eigenvalue weighted by Gasteiger charge is 2.12. The monoisotopic (exact) mass is 374 g/mol. The number of amides is 1. The molecule has 0 atom stereocenters. The maximum absolute atomic E-state index is 12.4. The van der Waals surface area contributed by atoms with Gasteiger partial charge in [0.05, 0.1) is 17.7 Å². The molecule has 0 unspecified atom stereocenters. The molecule has 1 aromatic carbocycles. The summed E-state index contributed by atoms with van der Waals surface area (Å²) in [5, 5.41) is 11.9. The Morgan fingerprint density at radius 3 is 3.00 bits per heavy atom. The van der Waals surface area contributed by atoms with Crippen molar-refractivity contribution < 1.29 is 9.53 Å². The largest absolute Gasteiger partial charge is 0.495 e. The van der Waals surface area contributed by atoms with Gasteiger partial charge in [0.25, 0.3) is 0 Å². The van der Waals surface area contributed by atoms with Crippen molar-refractivity contribution in [2.45, 2.75) is 19.9 Å². The van der Waals surface area contributed by atoms with Crippen LogP contribution in [0.25, 0.3) is 10.7 Å². The lowest BCUT2D eigenvalue weighted by molar-refractivity contribution is -0.116. The fourth-order valence-corrected chi connectivity index (χ4v) is 3.41. The van der Waals surface area contributed by atoms with Crippen LogP contribution < -0.4 is 10.1 Å². The Hall–Kier alpha value is -2.45. The Balaban J connectivity index is 1.71. The summed E-state index contributed by atoms with van der Waals surface area (Å²) in [6.07, 6.45) is 0.281. The van der Waals surface area contributed by atoms with E-state index in [-0.39, 0.29) is 12.3 Å². The number of aromatic amines is 1. The van der Waals surface area contributed by atoms with E-state index in [1.165, 1.54) is 0 Å². The minimum Gasteiger partial charge on any atom is -0.495 e. The first kappa shape index (κ1) is 17.4. The number of H-pyrrole nitrogens is 1. The highest BCUT2D eigenvalue weighted by molar-refractivity contribution is 7.71. The maximum Gasteiger partial charge on any atom is 0.226 e. The van der Waals surface area contributed by atoms with E-state index in [0.717, 1.165) is 16.3 Å². The maximum atomic E-state index is 12.4. The summed E-state index contributed by atoms with van der Waals surface area (Å²) in [6, 6.07) is 9.60. The van der Waals surface area contributed by atoms with Crippen LogP contribution in [0.15, 0.2) is 35.7 Å². The first-order valence-electron chi connectivity index (χ1n) is 7.72. The SMILES string of the molecule is COc1ccc(C)cc1NC(=O)CCn1c(-c2cccs2)n[nH]c1=S. The van der Waals surface area contributed by atoms with E-state index in [0.29, 0.717) is 22.8 Å². The number of hydrogen-bond acceptors (Lipinski definition) is 5. The molecule has 1 amide bonds. The van der Waals surface area contributed by atoms with Crippen LogP contribution in [0.4, 0.5) is 5.69 Å². The van der Waals surface area contributed by atoms with Crippen molar-refractivity contribution >= 4 is 35.1 Å². The van der Waals surface area contributed by atoms with Gasteiger partial charge in [0.15, 0.2) is 10.6 Å². The smallest absolute Gasteiger partial charge is 0.226 e. The Kier molecular flexibility index (Phi) is 5.30. The fraction of sp³-hybridized carbons (Fsp3) is 0.235. The van der Waals surface area contributed by atoms with Crippen molar-refractivity contribution in [1.82, 2.24) is 14.8 Å². The molecule has 130 valence electrons. The van der Waals surface area contributed by atoms with E-state index >= 15 is 0 Å². The second kappa shape index (κ2) is 7.62. The number of carbonyl (C=O) groups excluding carboxylic acids is 1. The number of benzene rings is 1. The Bertz CT molecular complexity index is 929. The van der Waals surface area contributed by atoms with Crippen molar-refractivity contribution in [3.8, 4) is 16.5 Å². The molecule has 2 aromatic heterocycles. The molecule has 25 heavy (non-hydrogen) atoms. The molecule has 0 radical (unpaired) electrons. The first-order valence-corrected chi connectivity index (χ1v) is 9.01. The predicted molar refractivity (Wildman–Crippen MR) is 102 cm³/mol. The van der Waals surface area contributed by atoms with Gasteiger partial charge in [0.2, 0.25) is 5.91 Å². The summed E-state index contributed by atoms with van der Waals surface area (Å²) in [5.74, 6) is 1.28. The van der Waals surface area contributed by atoms with Gasteiger partial charge >= 0.3 is 0 Å². The Morgan fingerprint density at radius 2 is 2.28 bits per heavy atom. The highest BCUT2D eigenvalue weighted by atomic mass is 32.1. The number of anilines is 1. The van der Waals surface area contributed by atoms with Crippen molar-refractivity contribution in [2.75, 3.05) is 12.4 Å². The molecule has 0 saturated heterocycles. The Labute approximate surface area is 154 Å². The molecule has 3 rings (SSSR count). The molecule has 0 fully saturated rings. The molecule has 2 heterocycles. The summed E-state index contributed by atoms with van der Waals surface area (Å²) < 4.78 is 7.63. The average molecular weight is 374 g/mol. The van der Waals surface area contributed by atoms with Crippen molar-refractivity contribution in [3.63, 3.8) is 0 Å². The molecule has 8 heteroatoms. The zero-order valence-electron chi connectivity index (χ0n) is 13.9. The molecule has 2 N–H and O–H groups in total. The number of nitrogens with one attached hydrogen (secondary N) is 2. The minimum absolute atomic E-state index is 0.107. The Morgan fingerprint density at radius 1 is 1.44 bits per heavy atom. The van der Waals surface area contributed by atoms with E-state index in [4.69, 9.17) is 17.0 Å². The number of rotatable bonds is 6. The number of carbonyl (C=O) groups is 1. The lowest BCUT2D eigenvalue weighted by atomic mass is 10.2. The van der Waals surface area contributed by atoms with Gasteiger partial charge in [-0.15, -0.1) is 11.3 Å². The van der Waals surface area contributed by atoms with E-state index in [1.54, 1.807) is 18.4 Å². The normalized spacial score (nSPS) is 10.6. The van der Waals surface area contributed by atoms with Gasteiger partial charge < -0.3 is 10.1 Å². The zero-order valence-corrected chi connectivity index (χ0v) is 15.5. The fourth-order valence-electron chi connectivity index (χ4n) is 2.46. The number of hydrogen-bond donors (Lipinski definition) is 2. The summed E-state index contributed by atoms with van der Waals surface area (Å²) >= 11 is 6.86. The van der Waals surface area contributed by atoms with Gasteiger partial charge in [0, 0.05) is 13.0 Å². The first-order chi connectivity index (χ1) is 12.1. The molecular formula is C17H18N4O2S2. The molecule has 0 aliphatic heterocycles. The van der Waals surface area contributed by atoms with Crippen molar-refractivity contribution in [3.05, 3.63) is 46.0 Å². The molecule has 0 aliphatic carbocycles. The lowest BCUT2D eigenvalue weighted by Crippen LogP contribution is -2.15. The second-order valence-electron chi connectivity index (χ2n) is 5.48. The van der Waals surface area contributed by atoms with Crippen LogP contribution in [0.3, 0.4) is 0 Å². The molecule has 0 spiro atoms. The van der Waals surface area contributed by atoms with Crippen LogP contribution >= 0.6 is 23.6 Å². The zero-order chi connectivity index (χ0) is 17.8. The quantitative estimate of drug-likeness (QED) is 0.640. The summed E-state index contributed by atoms with van der Waals surface area (Å²) in [4.78, 5) is 13.4. The van der Waals surface area contributed by atoms with Crippen LogP contribution in [0.1, 0.15) is 12.0 Å². The lowest BCUT2D eigenvalue weighted by Gasteiger charge is -2.11. The number of aryl methyl sites for hydroxylation is 1. The average Bonchev–Trinajstić information content (AvgIpc) is 3.23. The number of thiophene rings is 1. The topological polar surface area (TPSA) is 71.9 Å². The third kappa shape index (κ3) is 3.97. The van der Waals surface area contributed by atoms with Gasteiger partial charge in [-0.2, -0.15) is 5.10 Å². The number of aromatic nitrogens is 3. The van der Waals surface area contributed by atoms with Crippen LogP contribution in [0, 0.1) is 11.7 Å². The standard InChI is InChI=1S/C17H18N4O2S2/c1-11-5-6-13(23-2)12(10-11)18-15(22)7-8-21-16(19-20-17(21)24)14-4-3-9-25-14/h3-6,9-10H,7-8H2,1-2H3,(H,18,22)(H,20,24). The van der Waals surface area contributed by atoms with Gasteiger partial charge in [-0.05, 0) is 48.3 Å². The summed E-state index contributed by atoms with van der Waals surface area (Å²) in [7, 11) is 1.58. The second-order valence-corrected chi connectivity index (χ2v) is 6.82. The molecule has 0 saturated carbocycles. The van der Waals surface area contributed by atoms with Crippen molar-refractivity contribution in [2.24, 2.45) is 0 Å². The predicted octanol–water partition coefficient (Wildman–Crippen LogP) is 4.02. The van der Waals surface area contributed by atoms with Gasteiger partial charge in [-0.25, -0.2) is 0 Å². The van der Waals surface area contributed by atoms with Crippen LogP contribution in [0.2, 0.25) is 0 Å². The third-order valence-corrected chi connectivity index (χ3v) is 4.87.